The zero-order valence-electron chi connectivity index (χ0n) is 14.1. The number of hydrogen-bond acceptors (Lipinski definition) is 0. The van der Waals surface area contributed by atoms with Gasteiger partial charge in [0.2, 0.25) is 11.2 Å². The highest BCUT2D eigenvalue weighted by atomic mass is 14.9. The van der Waals surface area contributed by atoms with Crippen LogP contribution in [0.4, 0.5) is 0 Å². The Kier molecular flexibility index (Phi) is 3.52. The van der Waals surface area contributed by atoms with Crippen molar-refractivity contribution in [3.8, 4) is 11.3 Å². The zero-order chi connectivity index (χ0) is 15.9. The van der Waals surface area contributed by atoms with Crippen molar-refractivity contribution in [3.05, 3.63) is 65.7 Å². The quantitative estimate of drug-likeness (QED) is 0.559. The molecule has 22 heavy (non-hydrogen) atoms. The molecule has 1 heteroatoms. The monoisotopic (exact) mass is 290 g/mol. The van der Waals surface area contributed by atoms with Crippen molar-refractivity contribution < 1.29 is 4.57 Å². The molecule has 0 bridgehead atoms. The smallest absolute Gasteiger partial charge is 0.194 e. The van der Waals surface area contributed by atoms with Crippen LogP contribution < -0.4 is 4.57 Å². The lowest BCUT2D eigenvalue weighted by Gasteiger charge is -2.20. The third kappa shape index (κ3) is 2.52. The minimum Gasteiger partial charge on any atom is -0.194 e. The van der Waals surface area contributed by atoms with E-state index >= 15 is 0 Å². The van der Waals surface area contributed by atoms with Gasteiger partial charge >= 0.3 is 0 Å². The fourth-order valence-electron chi connectivity index (χ4n) is 2.98. The predicted molar refractivity (Wildman–Crippen MR) is 94.0 cm³/mol. The van der Waals surface area contributed by atoms with Gasteiger partial charge in [-0.25, -0.2) is 0 Å². The van der Waals surface area contributed by atoms with E-state index < -0.39 is 0 Å². The van der Waals surface area contributed by atoms with E-state index in [1.165, 1.54) is 33.3 Å². The van der Waals surface area contributed by atoms with Crippen LogP contribution in [0.1, 0.15) is 31.9 Å². The highest BCUT2D eigenvalue weighted by Gasteiger charge is 2.19. The summed E-state index contributed by atoms with van der Waals surface area (Å²) < 4.78 is 2.30. The van der Waals surface area contributed by atoms with E-state index in [9.17, 15) is 0 Å². The molecule has 0 saturated carbocycles. The number of pyridine rings is 1. The molecule has 3 rings (SSSR count). The standard InChI is InChI=1S/C21H24N/c1-15-10-12-17(21(2,3)4)14-18(15)20-13-11-16-8-6-7-9-19(16)22(20)5/h6-14H,1-5H3/q+1. The van der Waals surface area contributed by atoms with Gasteiger partial charge in [0.1, 0.15) is 7.05 Å². The summed E-state index contributed by atoms with van der Waals surface area (Å²) in [7, 11) is 2.15. The first-order chi connectivity index (χ1) is 10.4. The topological polar surface area (TPSA) is 3.88 Å². The number of fused-ring (bicyclic) bond motifs is 1. The van der Waals surface area contributed by atoms with Crippen molar-refractivity contribution in [2.75, 3.05) is 0 Å². The van der Waals surface area contributed by atoms with Crippen LogP contribution >= 0.6 is 0 Å². The molecule has 0 aliphatic rings. The molecule has 0 unspecified atom stereocenters. The minimum atomic E-state index is 0.165. The highest BCUT2D eigenvalue weighted by molar-refractivity contribution is 5.77. The van der Waals surface area contributed by atoms with Gasteiger partial charge in [0.25, 0.3) is 0 Å². The molecule has 3 aromatic rings. The van der Waals surface area contributed by atoms with Crippen LogP contribution in [0.5, 0.6) is 0 Å². The number of aromatic nitrogens is 1. The summed E-state index contributed by atoms with van der Waals surface area (Å²) in [5.74, 6) is 0. The van der Waals surface area contributed by atoms with Crippen molar-refractivity contribution in [1.29, 1.82) is 0 Å². The molecule has 0 spiro atoms. The van der Waals surface area contributed by atoms with E-state index in [2.05, 4.69) is 93.9 Å². The van der Waals surface area contributed by atoms with E-state index in [1.54, 1.807) is 0 Å². The lowest BCUT2D eigenvalue weighted by Crippen LogP contribution is -2.32. The molecule has 0 atom stereocenters. The maximum absolute atomic E-state index is 2.35. The highest BCUT2D eigenvalue weighted by Crippen LogP contribution is 2.29. The van der Waals surface area contributed by atoms with Crippen LogP contribution in [0.2, 0.25) is 0 Å². The Morgan fingerprint density at radius 3 is 2.32 bits per heavy atom. The third-order valence-corrected chi connectivity index (χ3v) is 4.46. The Morgan fingerprint density at radius 2 is 1.59 bits per heavy atom. The van der Waals surface area contributed by atoms with Gasteiger partial charge in [-0.1, -0.05) is 45.0 Å². The van der Waals surface area contributed by atoms with E-state index in [4.69, 9.17) is 0 Å². The van der Waals surface area contributed by atoms with Crippen LogP contribution in [0.15, 0.2) is 54.6 Å². The molecule has 0 radical (unpaired) electrons. The molecule has 1 aromatic heterocycles. The molecule has 0 aliphatic heterocycles. The van der Waals surface area contributed by atoms with Crippen LogP contribution in [-0.4, -0.2) is 0 Å². The second-order valence-corrected chi connectivity index (χ2v) is 7.12. The second-order valence-electron chi connectivity index (χ2n) is 7.12. The lowest BCUT2D eigenvalue weighted by atomic mass is 9.85. The van der Waals surface area contributed by atoms with Gasteiger partial charge in [-0.15, -0.1) is 0 Å². The number of para-hydroxylation sites is 1. The third-order valence-electron chi connectivity index (χ3n) is 4.46. The second kappa shape index (κ2) is 5.24. The number of rotatable bonds is 1. The Balaban J connectivity index is 2.25. The van der Waals surface area contributed by atoms with Crippen molar-refractivity contribution in [1.82, 2.24) is 0 Å². The SMILES string of the molecule is Cc1ccc(C(C)(C)C)cc1-c1ccc2ccccc2[n+]1C. The molecule has 0 aliphatic carbocycles. The zero-order valence-corrected chi connectivity index (χ0v) is 14.1. The Labute approximate surface area is 133 Å². The Morgan fingerprint density at radius 1 is 0.864 bits per heavy atom. The molecular formula is C21H24N+. The van der Waals surface area contributed by atoms with Crippen LogP contribution in [0.25, 0.3) is 22.2 Å². The Bertz CT molecular complexity index is 838. The van der Waals surface area contributed by atoms with Crippen molar-refractivity contribution in [2.24, 2.45) is 7.05 Å². The number of benzene rings is 2. The summed E-state index contributed by atoms with van der Waals surface area (Å²) in [5, 5.41) is 1.28. The summed E-state index contributed by atoms with van der Waals surface area (Å²) in [4.78, 5) is 0. The van der Waals surface area contributed by atoms with Gasteiger partial charge in [-0.3, -0.25) is 0 Å². The molecular weight excluding hydrogens is 266 g/mol. The number of aryl methyl sites for hydroxylation is 2. The summed E-state index contributed by atoms with van der Waals surface area (Å²) in [6.45, 7) is 8.99. The average Bonchev–Trinajstić information content (AvgIpc) is 2.48. The van der Waals surface area contributed by atoms with Gasteiger partial charge in [-0.2, -0.15) is 4.57 Å². The predicted octanol–water partition coefficient (Wildman–Crippen LogP) is 4.94. The normalized spacial score (nSPS) is 11.9. The molecule has 2 aromatic carbocycles. The first-order valence-electron chi connectivity index (χ1n) is 7.87. The van der Waals surface area contributed by atoms with Gasteiger partial charge in [-0.05, 0) is 41.7 Å². The average molecular weight is 290 g/mol. The molecule has 0 amide bonds. The van der Waals surface area contributed by atoms with Gasteiger partial charge in [0.15, 0.2) is 0 Å². The molecule has 0 saturated heterocycles. The summed E-state index contributed by atoms with van der Waals surface area (Å²) in [6.07, 6.45) is 0. The minimum absolute atomic E-state index is 0.165. The largest absolute Gasteiger partial charge is 0.213 e. The Hall–Kier alpha value is -2.15. The number of nitrogens with zero attached hydrogens (tertiary/aromatic N) is 1. The van der Waals surface area contributed by atoms with Crippen molar-refractivity contribution in [3.63, 3.8) is 0 Å². The fourth-order valence-corrected chi connectivity index (χ4v) is 2.98. The molecule has 1 nitrogen and oxygen atoms in total. The maximum atomic E-state index is 2.35. The maximum Gasteiger partial charge on any atom is 0.213 e. The van der Waals surface area contributed by atoms with E-state index in [1.807, 2.05) is 0 Å². The van der Waals surface area contributed by atoms with Crippen LogP contribution in [0, 0.1) is 6.92 Å². The van der Waals surface area contributed by atoms with Gasteiger partial charge in [0.05, 0.1) is 0 Å². The van der Waals surface area contributed by atoms with E-state index in [0.717, 1.165) is 0 Å². The molecule has 0 fully saturated rings. The lowest BCUT2D eigenvalue weighted by molar-refractivity contribution is -0.633. The molecule has 1 heterocycles. The van der Waals surface area contributed by atoms with E-state index in [0.29, 0.717) is 0 Å². The fraction of sp³-hybridized carbons (Fsp3) is 0.286. The molecule has 112 valence electrons. The van der Waals surface area contributed by atoms with Gasteiger partial charge in [0, 0.05) is 23.1 Å². The van der Waals surface area contributed by atoms with Gasteiger partial charge < -0.3 is 0 Å². The summed E-state index contributed by atoms with van der Waals surface area (Å²) in [6, 6.07) is 19.8. The van der Waals surface area contributed by atoms with Crippen molar-refractivity contribution in [2.45, 2.75) is 33.1 Å². The summed E-state index contributed by atoms with van der Waals surface area (Å²) >= 11 is 0. The summed E-state index contributed by atoms with van der Waals surface area (Å²) in [5.41, 5.74) is 6.71. The van der Waals surface area contributed by atoms with Crippen molar-refractivity contribution >= 4 is 10.9 Å². The first kappa shape index (κ1) is 14.8. The number of hydrogen-bond donors (Lipinski definition) is 0. The first-order valence-corrected chi connectivity index (χ1v) is 7.87. The van der Waals surface area contributed by atoms with Crippen LogP contribution in [0.3, 0.4) is 0 Å². The molecule has 0 N–H and O–H groups in total. The van der Waals surface area contributed by atoms with E-state index in [-0.39, 0.29) is 5.41 Å². The van der Waals surface area contributed by atoms with Crippen LogP contribution in [-0.2, 0) is 12.5 Å².